The fourth-order valence-corrected chi connectivity index (χ4v) is 2.74. The summed E-state index contributed by atoms with van der Waals surface area (Å²) in [5, 5.41) is 6.71. The molecule has 1 aromatic rings. The summed E-state index contributed by atoms with van der Waals surface area (Å²) in [6, 6.07) is 0. The minimum Gasteiger partial charge on any atom is -0.361 e. The lowest BCUT2D eigenvalue weighted by atomic mass is 9.91. The number of carbonyl (C=O) groups is 1. The van der Waals surface area contributed by atoms with Gasteiger partial charge in [0.15, 0.2) is 0 Å². The molecule has 2 rings (SSSR count). The van der Waals surface area contributed by atoms with Gasteiger partial charge in [0.2, 0.25) is 5.91 Å². The van der Waals surface area contributed by atoms with E-state index in [-0.39, 0.29) is 12.5 Å². The second-order valence-corrected chi connectivity index (χ2v) is 7.66. The van der Waals surface area contributed by atoms with E-state index in [1.54, 1.807) is 0 Å². The van der Waals surface area contributed by atoms with Crippen molar-refractivity contribution < 1.29 is 13.7 Å². The number of nitrogens with zero attached hydrogens (tertiary/aromatic N) is 2. The Morgan fingerprint density at radius 3 is 2.43 bits per heavy atom. The lowest BCUT2D eigenvalue weighted by Crippen LogP contribution is -2.49. The quantitative estimate of drug-likeness (QED) is 0.925. The van der Waals surface area contributed by atoms with Crippen LogP contribution in [0.5, 0.6) is 0 Å². The third kappa shape index (κ3) is 4.53. The number of likely N-dealkylation sites (tertiary alicyclic amines) is 1. The van der Waals surface area contributed by atoms with Crippen LogP contribution in [0.4, 0.5) is 4.39 Å². The van der Waals surface area contributed by atoms with Crippen molar-refractivity contribution in [3.63, 3.8) is 0 Å². The van der Waals surface area contributed by atoms with Crippen LogP contribution < -0.4 is 5.32 Å². The van der Waals surface area contributed by atoms with E-state index in [1.807, 2.05) is 34.6 Å². The number of hydrogen-bond acceptors (Lipinski definition) is 4. The van der Waals surface area contributed by atoms with E-state index in [2.05, 4.69) is 15.4 Å². The molecule has 0 aliphatic carbocycles. The van der Waals surface area contributed by atoms with Crippen molar-refractivity contribution in [1.82, 2.24) is 15.4 Å². The third-order valence-corrected chi connectivity index (χ3v) is 4.56. The summed E-state index contributed by atoms with van der Waals surface area (Å²) in [7, 11) is 0. The molecule has 0 unspecified atom stereocenters. The van der Waals surface area contributed by atoms with E-state index in [0.29, 0.717) is 25.9 Å². The Morgan fingerprint density at radius 1 is 1.35 bits per heavy atom. The van der Waals surface area contributed by atoms with E-state index in [0.717, 1.165) is 23.6 Å². The maximum Gasteiger partial charge on any atom is 0.225 e. The maximum absolute atomic E-state index is 14.9. The number of amides is 1. The highest BCUT2D eigenvalue weighted by Gasteiger charge is 2.36. The van der Waals surface area contributed by atoms with Crippen molar-refractivity contribution >= 4 is 5.91 Å². The summed E-state index contributed by atoms with van der Waals surface area (Å²) in [6.45, 7) is 11.5. The van der Waals surface area contributed by atoms with Crippen molar-refractivity contribution in [2.75, 3.05) is 19.6 Å². The highest BCUT2D eigenvalue weighted by atomic mass is 19.1. The predicted octanol–water partition coefficient (Wildman–Crippen LogP) is 2.76. The highest BCUT2D eigenvalue weighted by Crippen LogP contribution is 2.28. The van der Waals surface area contributed by atoms with E-state index < -0.39 is 11.1 Å². The normalized spacial score (nSPS) is 18.9. The topological polar surface area (TPSA) is 58.4 Å². The Morgan fingerprint density at radius 2 is 1.96 bits per heavy atom. The summed E-state index contributed by atoms with van der Waals surface area (Å²) >= 11 is 0. The molecule has 6 heteroatoms. The van der Waals surface area contributed by atoms with Gasteiger partial charge in [0.05, 0.1) is 12.2 Å². The maximum atomic E-state index is 14.9. The molecule has 0 atom stereocenters. The second kappa shape index (κ2) is 6.59. The molecular weight excluding hydrogens is 297 g/mol. The van der Waals surface area contributed by atoms with Gasteiger partial charge < -0.3 is 9.84 Å². The molecule has 0 aromatic carbocycles. The number of hydrogen-bond donors (Lipinski definition) is 1. The minimum absolute atomic E-state index is 0.0995. The van der Waals surface area contributed by atoms with Gasteiger partial charge in [0.1, 0.15) is 11.4 Å². The van der Waals surface area contributed by atoms with E-state index in [1.165, 1.54) is 0 Å². The Bertz CT molecular complexity index is 535. The van der Waals surface area contributed by atoms with Crippen LogP contribution >= 0.6 is 0 Å². The second-order valence-electron chi connectivity index (χ2n) is 7.66. The van der Waals surface area contributed by atoms with Crippen LogP contribution in [0.1, 0.15) is 50.6 Å². The number of carbonyl (C=O) groups excluding carboxylic acids is 1. The summed E-state index contributed by atoms with van der Waals surface area (Å²) in [5.41, 5.74) is 0.200. The lowest BCUT2D eigenvalue weighted by molar-refractivity contribution is -0.129. The molecule has 0 bridgehead atoms. The molecule has 0 saturated carbocycles. The number of rotatable bonds is 4. The molecule has 0 radical (unpaired) electrons. The molecule has 2 heterocycles. The SMILES string of the molecule is Cc1noc(C)c1CN1CCC(F)(CNC(=O)C(C)(C)C)CC1. The molecular formula is C17H28FN3O2. The van der Waals surface area contributed by atoms with Crippen LogP contribution in [0.2, 0.25) is 0 Å². The van der Waals surface area contributed by atoms with Crippen LogP contribution in [0, 0.1) is 19.3 Å². The van der Waals surface area contributed by atoms with Gasteiger partial charge in [0, 0.05) is 30.6 Å². The number of nitrogens with one attached hydrogen (secondary N) is 1. The van der Waals surface area contributed by atoms with Gasteiger partial charge in [-0.15, -0.1) is 0 Å². The zero-order valence-corrected chi connectivity index (χ0v) is 14.8. The Hall–Kier alpha value is -1.43. The van der Waals surface area contributed by atoms with Crippen molar-refractivity contribution in [2.45, 2.75) is 59.7 Å². The number of aromatic nitrogens is 1. The highest BCUT2D eigenvalue weighted by molar-refractivity contribution is 5.81. The van der Waals surface area contributed by atoms with Crippen molar-refractivity contribution in [2.24, 2.45) is 5.41 Å². The molecule has 5 nitrogen and oxygen atoms in total. The average Bonchev–Trinajstić information content (AvgIpc) is 2.78. The van der Waals surface area contributed by atoms with Gasteiger partial charge in [-0.3, -0.25) is 9.69 Å². The van der Waals surface area contributed by atoms with Gasteiger partial charge in [-0.05, 0) is 26.7 Å². The summed E-state index contributed by atoms with van der Waals surface area (Å²) < 4.78 is 20.0. The average molecular weight is 325 g/mol. The first-order valence-electron chi connectivity index (χ1n) is 8.22. The fourth-order valence-electron chi connectivity index (χ4n) is 2.74. The molecule has 1 aromatic heterocycles. The predicted molar refractivity (Wildman–Crippen MR) is 86.8 cm³/mol. The standard InChI is InChI=1S/C17H28FN3O2/c1-12-14(13(2)23-20-12)10-21-8-6-17(18,7-9-21)11-19-15(22)16(3,4)5/h6-11H2,1-5H3,(H,19,22). The molecule has 1 saturated heterocycles. The molecule has 1 aliphatic heterocycles. The third-order valence-electron chi connectivity index (χ3n) is 4.56. The zero-order valence-electron chi connectivity index (χ0n) is 14.8. The molecule has 1 amide bonds. The fraction of sp³-hybridized carbons (Fsp3) is 0.765. The summed E-state index contributed by atoms with van der Waals surface area (Å²) in [5.74, 6) is 0.727. The minimum atomic E-state index is -1.31. The first kappa shape index (κ1) is 17.9. The first-order chi connectivity index (χ1) is 10.6. The van der Waals surface area contributed by atoms with E-state index >= 15 is 0 Å². The van der Waals surface area contributed by atoms with Crippen LogP contribution in [0.15, 0.2) is 4.52 Å². The van der Waals surface area contributed by atoms with Crippen molar-refractivity contribution in [3.05, 3.63) is 17.0 Å². The van der Waals surface area contributed by atoms with E-state index in [4.69, 9.17) is 4.52 Å². The molecule has 1 fully saturated rings. The summed E-state index contributed by atoms with van der Waals surface area (Å²) in [4.78, 5) is 14.1. The van der Waals surface area contributed by atoms with Gasteiger partial charge in [-0.2, -0.15) is 0 Å². The Kier molecular flexibility index (Phi) is 5.14. The van der Waals surface area contributed by atoms with Crippen LogP contribution in [0.3, 0.4) is 0 Å². The van der Waals surface area contributed by atoms with Gasteiger partial charge in [0.25, 0.3) is 0 Å². The molecule has 0 spiro atoms. The Labute approximate surface area is 137 Å². The van der Waals surface area contributed by atoms with Crippen molar-refractivity contribution in [1.29, 1.82) is 0 Å². The molecule has 1 N–H and O–H groups in total. The van der Waals surface area contributed by atoms with Crippen LogP contribution in [-0.2, 0) is 11.3 Å². The van der Waals surface area contributed by atoms with Crippen LogP contribution in [0.25, 0.3) is 0 Å². The van der Waals surface area contributed by atoms with Crippen molar-refractivity contribution in [3.8, 4) is 0 Å². The number of piperidine rings is 1. The summed E-state index contributed by atoms with van der Waals surface area (Å²) in [6.07, 6.45) is 0.863. The number of aryl methyl sites for hydroxylation is 2. The number of alkyl halides is 1. The van der Waals surface area contributed by atoms with E-state index in [9.17, 15) is 9.18 Å². The smallest absolute Gasteiger partial charge is 0.225 e. The molecule has 23 heavy (non-hydrogen) atoms. The lowest BCUT2D eigenvalue weighted by Gasteiger charge is -2.36. The van der Waals surface area contributed by atoms with Crippen LogP contribution in [-0.4, -0.2) is 41.3 Å². The zero-order chi connectivity index (χ0) is 17.3. The number of halogens is 1. The molecule has 130 valence electrons. The monoisotopic (exact) mass is 325 g/mol. The van der Waals surface area contributed by atoms with Gasteiger partial charge in [-0.1, -0.05) is 25.9 Å². The largest absolute Gasteiger partial charge is 0.361 e. The van der Waals surface area contributed by atoms with Gasteiger partial charge in [-0.25, -0.2) is 4.39 Å². The van der Waals surface area contributed by atoms with Gasteiger partial charge >= 0.3 is 0 Å². The molecule has 1 aliphatic rings. The Balaban J connectivity index is 1.84. The first-order valence-corrected chi connectivity index (χ1v) is 8.22.